The third-order valence-corrected chi connectivity index (χ3v) is 7.42. The molecule has 1 saturated heterocycles. The summed E-state index contributed by atoms with van der Waals surface area (Å²) in [6, 6.07) is 6.86. The first-order valence-corrected chi connectivity index (χ1v) is 13.8. The zero-order valence-corrected chi connectivity index (χ0v) is 25.1. The van der Waals surface area contributed by atoms with Gasteiger partial charge in [-0.1, -0.05) is 24.3 Å². The van der Waals surface area contributed by atoms with Crippen molar-refractivity contribution in [3.05, 3.63) is 64.2 Å². The van der Waals surface area contributed by atoms with E-state index in [0.29, 0.717) is 24.2 Å². The van der Waals surface area contributed by atoms with Gasteiger partial charge in [0.15, 0.2) is 0 Å². The van der Waals surface area contributed by atoms with Crippen molar-refractivity contribution in [2.45, 2.75) is 78.6 Å². The van der Waals surface area contributed by atoms with Gasteiger partial charge in [-0.25, -0.2) is 19.0 Å². The minimum atomic E-state index is -0.962. The van der Waals surface area contributed by atoms with E-state index in [1.807, 2.05) is 37.3 Å². The molecule has 2 aromatic rings. The highest BCUT2D eigenvalue weighted by Gasteiger charge is 2.49. The first-order chi connectivity index (χ1) is 19.1. The van der Waals surface area contributed by atoms with Crippen LogP contribution in [0.25, 0.3) is 10.9 Å². The Labute approximate surface area is 240 Å². The smallest absolute Gasteiger partial charge is 0.513 e. The zero-order valence-electron chi connectivity index (χ0n) is 25.1. The van der Waals surface area contributed by atoms with E-state index in [0.717, 1.165) is 22.8 Å². The van der Waals surface area contributed by atoms with Crippen molar-refractivity contribution >= 4 is 29.1 Å². The number of quaternary nitrogens is 1. The number of aromatic nitrogens is 1. The normalized spacial score (nSPS) is 23.9. The largest absolute Gasteiger partial charge is 0.632 e. The number of hydrogen-bond donors (Lipinski definition) is 0. The number of carbonyl (C=O) groups is 3. The Hall–Kier alpha value is -3.63. The number of hydroxylamine groups is 3. The topological polar surface area (TPSA) is 116 Å². The molecule has 3 heterocycles. The van der Waals surface area contributed by atoms with E-state index < -0.39 is 46.0 Å². The average molecular weight is 569 g/mol. The fraction of sp³-hybridized carbons (Fsp3) is 0.516. The highest BCUT2D eigenvalue weighted by Crippen LogP contribution is 2.50. The van der Waals surface area contributed by atoms with E-state index >= 15 is 0 Å². The lowest BCUT2D eigenvalue weighted by Crippen LogP contribution is -2.55. The Bertz CT molecular complexity index is 1420. The van der Waals surface area contributed by atoms with Crippen molar-refractivity contribution in [2.24, 2.45) is 5.92 Å². The van der Waals surface area contributed by atoms with Gasteiger partial charge in [0.1, 0.15) is 30.1 Å². The molecule has 1 aromatic carbocycles. The van der Waals surface area contributed by atoms with E-state index in [1.54, 1.807) is 41.5 Å². The molecule has 222 valence electrons. The summed E-state index contributed by atoms with van der Waals surface area (Å²) in [4.78, 5) is 39.0. The van der Waals surface area contributed by atoms with Crippen molar-refractivity contribution < 1.29 is 38.0 Å². The molecule has 3 atom stereocenters. The minimum absolute atomic E-state index is 0.0877. The second kappa shape index (κ2) is 11.0. The minimum Gasteiger partial charge on any atom is -0.632 e. The van der Waals surface area contributed by atoms with Crippen molar-refractivity contribution in [3.8, 4) is 0 Å². The molecular formula is C31H40N2O8. The summed E-state index contributed by atoms with van der Waals surface area (Å²) in [6.07, 6.45) is 2.04. The Morgan fingerprint density at radius 2 is 1.71 bits per heavy atom. The molecular weight excluding hydrogens is 528 g/mol. The number of benzene rings is 1. The summed E-state index contributed by atoms with van der Waals surface area (Å²) in [7, 11) is 1.24. The third kappa shape index (κ3) is 6.18. The summed E-state index contributed by atoms with van der Waals surface area (Å²) in [5.74, 6) is -1.29. The number of carbonyl (C=O) groups excluding carboxylic acids is 3. The van der Waals surface area contributed by atoms with Crippen LogP contribution in [0.1, 0.15) is 72.2 Å². The standard InChI is InChI=1S/C31H40N2O8/c1-9-19-17-33(37)15-14-21-20-12-10-11-13-24(20)32(28(35)40-30(2,3)4)26(21)25(33)16-22(19)23(27(34)38-8)18-39-29(36)41-31(5,6)7/h9-13,18,22,25H,14-17H2,1-8H3/b19-9+,23-18-/t22-,25-,33+/m0/s1. The number of esters is 1. The van der Waals surface area contributed by atoms with Crippen LogP contribution in [0.15, 0.2) is 47.7 Å². The second-order valence-electron chi connectivity index (χ2n) is 12.6. The van der Waals surface area contributed by atoms with Gasteiger partial charge in [-0.05, 0) is 65.7 Å². The Kier molecular flexibility index (Phi) is 8.12. The summed E-state index contributed by atoms with van der Waals surface area (Å²) in [5.41, 5.74) is 1.47. The van der Waals surface area contributed by atoms with Crippen LogP contribution in [0, 0.1) is 11.1 Å². The monoisotopic (exact) mass is 568 g/mol. The molecule has 0 radical (unpaired) electrons. The molecule has 2 aliphatic heterocycles. The lowest BCUT2D eigenvalue weighted by molar-refractivity contribution is -0.914. The number of methoxy groups -OCH3 is 1. The molecule has 0 bridgehead atoms. The molecule has 0 saturated carbocycles. The SMILES string of the molecule is C/C=C1\C[N@+]2([O-])CCc3c(n(C(=O)OC(C)(C)C)c4ccccc34)[C@@H]2C[C@@H]1/C(=C/OC(=O)OC(C)(C)C)C(=O)OC. The molecule has 10 heteroatoms. The number of ether oxygens (including phenoxy) is 4. The van der Waals surface area contributed by atoms with Crippen LogP contribution in [0.4, 0.5) is 9.59 Å². The number of piperidine rings is 1. The molecule has 10 nitrogen and oxygen atoms in total. The Balaban J connectivity index is 1.83. The number of nitrogens with zero attached hydrogens (tertiary/aromatic N) is 2. The quantitative estimate of drug-likeness (QED) is 0.0804. The predicted octanol–water partition coefficient (Wildman–Crippen LogP) is 6.31. The predicted molar refractivity (Wildman–Crippen MR) is 153 cm³/mol. The highest BCUT2D eigenvalue weighted by atomic mass is 16.7. The van der Waals surface area contributed by atoms with Gasteiger partial charge in [0.2, 0.25) is 0 Å². The molecule has 41 heavy (non-hydrogen) atoms. The Morgan fingerprint density at radius 1 is 1.05 bits per heavy atom. The molecule has 0 spiro atoms. The van der Waals surface area contributed by atoms with Crippen molar-refractivity contribution in [3.63, 3.8) is 0 Å². The van der Waals surface area contributed by atoms with Crippen molar-refractivity contribution in [1.29, 1.82) is 0 Å². The number of para-hydroxylation sites is 1. The molecule has 1 fully saturated rings. The average Bonchev–Trinajstić information content (AvgIpc) is 3.20. The van der Waals surface area contributed by atoms with E-state index in [4.69, 9.17) is 18.9 Å². The summed E-state index contributed by atoms with van der Waals surface area (Å²) in [6.45, 7) is 12.7. The fourth-order valence-electron chi connectivity index (χ4n) is 5.81. The first kappa shape index (κ1) is 30.3. The number of hydrogen-bond acceptors (Lipinski definition) is 8. The van der Waals surface area contributed by atoms with Crippen LogP contribution in [0.2, 0.25) is 0 Å². The second-order valence-corrected chi connectivity index (χ2v) is 12.6. The van der Waals surface area contributed by atoms with Crippen LogP contribution in [0.3, 0.4) is 0 Å². The van der Waals surface area contributed by atoms with E-state index in [2.05, 4.69) is 0 Å². The van der Waals surface area contributed by atoms with Crippen LogP contribution in [-0.4, -0.2) is 58.8 Å². The molecule has 2 aliphatic rings. The van der Waals surface area contributed by atoms with Gasteiger partial charge in [-0.2, -0.15) is 0 Å². The number of rotatable bonds is 3. The summed E-state index contributed by atoms with van der Waals surface area (Å²) < 4.78 is 22.3. The summed E-state index contributed by atoms with van der Waals surface area (Å²) >= 11 is 0. The van der Waals surface area contributed by atoms with Gasteiger partial charge in [-0.3, -0.25) is 0 Å². The maximum absolute atomic E-state index is 14.5. The summed E-state index contributed by atoms with van der Waals surface area (Å²) in [5, 5.41) is 15.4. The number of fused-ring (bicyclic) bond motifs is 5. The van der Waals surface area contributed by atoms with Gasteiger partial charge < -0.3 is 28.8 Å². The van der Waals surface area contributed by atoms with Crippen LogP contribution in [0.5, 0.6) is 0 Å². The van der Waals surface area contributed by atoms with Gasteiger partial charge in [0.05, 0.1) is 30.4 Å². The van der Waals surface area contributed by atoms with E-state index in [-0.39, 0.29) is 18.5 Å². The first-order valence-electron chi connectivity index (χ1n) is 13.8. The van der Waals surface area contributed by atoms with E-state index in [9.17, 15) is 19.6 Å². The van der Waals surface area contributed by atoms with Gasteiger partial charge in [0.25, 0.3) is 0 Å². The van der Waals surface area contributed by atoms with Crippen LogP contribution < -0.4 is 0 Å². The van der Waals surface area contributed by atoms with Crippen LogP contribution in [-0.2, 0) is 30.2 Å². The van der Waals surface area contributed by atoms with Gasteiger partial charge >= 0.3 is 18.2 Å². The molecule has 0 aliphatic carbocycles. The molecule has 0 N–H and O–H groups in total. The molecule has 0 unspecified atom stereocenters. The van der Waals surface area contributed by atoms with Crippen LogP contribution >= 0.6 is 0 Å². The zero-order chi connectivity index (χ0) is 30.3. The van der Waals surface area contributed by atoms with Gasteiger partial charge in [0, 0.05) is 24.1 Å². The fourth-order valence-corrected chi connectivity index (χ4v) is 5.81. The molecule has 0 amide bonds. The van der Waals surface area contributed by atoms with E-state index in [1.165, 1.54) is 11.7 Å². The maximum atomic E-state index is 14.5. The maximum Gasteiger partial charge on any atom is 0.513 e. The number of allylic oxidation sites excluding steroid dienone is 1. The molecule has 1 aromatic heterocycles. The lowest BCUT2D eigenvalue weighted by atomic mass is 9.77. The Morgan fingerprint density at radius 3 is 2.32 bits per heavy atom. The molecule has 4 rings (SSSR count). The van der Waals surface area contributed by atoms with Gasteiger partial charge in [-0.15, -0.1) is 0 Å². The lowest BCUT2D eigenvalue weighted by Gasteiger charge is -2.56. The highest BCUT2D eigenvalue weighted by molar-refractivity contribution is 5.94. The third-order valence-electron chi connectivity index (χ3n) is 7.42. The van der Waals surface area contributed by atoms with Crippen molar-refractivity contribution in [1.82, 2.24) is 4.57 Å². The van der Waals surface area contributed by atoms with Crippen molar-refractivity contribution in [2.75, 3.05) is 20.2 Å².